The second kappa shape index (κ2) is 9.80. The van der Waals surface area contributed by atoms with Gasteiger partial charge in [-0.15, -0.1) is 0 Å². The first-order valence-corrected chi connectivity index (χ1v) is 11.9. The van der Waals surface area contributed by atoms with Gasteiger partial charge in [-0.05, 0) is 63.5 Å². The van der Waals surface area contributed by atoms with E-state index in [9.17, 15) is 4.79 Å². The standard InChI is InChI=1S/C25H30N6O3/c1-17-18(7-5-10-26-17)24(32)29-25-28-21-19(23-27-11-15-31(23)25)8-9-20(22(21)33-2)34-16-6-14-30-12-3-4-13-30/h5,7-10,27H,3-4,6,11-16H2,1-2H3. The predicted molar refractivity (Wildman–Crippen MR) is 129 cm³/mol. The highest BCUT2D eigenvalue weighted by molar-refractivity contribution is 5.97. The van der Waals surface area contributed by atoms with Crippen molar-refractivity contribution in [3.8, 4) is 11.5 Å². The molecule has 4 heterocycles. The number of hydrogen-bond donors (Lipinski definition) is 1. The summed E-state index contributed by atoms with van der Waals surface area (Å²) in [5.74, 6) is 1.70. The van der Waals surface area contributed by atoms with E-state index in [-0.39, 0.29) is 5.91 Å². The minimum absolute atomic E-state index is 0.338. The van der Waals surface area contributed by atoms with Crippen LogP contribution in [0.1, 0.15) is 35.3 Å². The fraction of sp³-hybridized carbons (Fsp3) is 0.440. The van der Waals surface area contributed by atoms with E-state index in [1.54, 1.807) is 32.4 Å². The largest absolute Gasteiger partial charge is 0.491 e. The van der Waals surface area contributed by atoms with Crippen molar-refractivity contribution in [2.45, 2.75) is 32.7 Å². The third-order valence-corrected chi connectivity index (χ3v) is 6.42. The normalized spacial score (nSPS) is 16.0. The van der Waals surface area contributed by atoms with Crippen molar-refractivity contribution in [2.75, 3.05) is 45.2 Å². The van der Waals surface area contributed by atoms with Gasteiger partial charge in [-0.3, -0.25) is 14.3 Å². The molecule has 0 atom stereocenters. The minimum atomic E-state index is -0.368. The zero-order valence-electron chi connectivity index (χ0n) is 19.7. The summed E-state index contributed by atoms with van der Waals surface area (Å²) in [5, 5.41) is 4.30. The number of benzene rings is 1. The molecule has 178 valence electrons. The summed E-state index contributed by atoms with van der Waals surface area (Å²) in [6.07, 6.45) is 5.19. The van der Waals surface area contributed by atoms with Gasteiger partial charge in [0.05, 0.1) is 25.0 Å². The van der Waals surface area contributed by atoms with E-state index in [1.807, 2.05) is 16.7 Å². The molecule has 1 saturated heterocycles. The number of carbonyl (C=O) groups is 1. The number of carbonyl (C=O) groups excluding carboxylic acids is 1. The number of aryl methyl sites for hydroxylation is 1. The number of anilines is 1. The average molecular weight is 463 g/mol. The molecule has 2 aliphatic heterocycles. The average Bonchev–Trinajstić information content (AvgIpc) is 3.54. The van der Waals surface area contributed by atoms with Gasteiger partial charge < -0.3 is 19.7 Å². The molecule has 2 aromatic heterocycles. The van der Waals surface area contributed by atoms with Gasteiger partial charge in [-0.25, -0.2) is 4.98 Å². The topological polar surface area (TPSA) is 93.9 Å². The van der Waals surface area contributed by atoms with Crippen LogP contribution >= 0.6 is 0 Å². The van der Waals surface area contributed by atoms with Crippen molar-refractivity contribution < 1.29 is 14.3 Å². The van der Waals surface area contributed by atoms with Gasteiger partial charge >= 0.3 is 0 Å². The molecule has 1 aromatic carbocycles. The number of amides is 1. The van der Waals surface area contributed by atoms with Crippen LogP contribution in [0.15, 0.2) is 35.5 Å². The molecule has 0 saturated carbocycles. The lowest BCUT2D eigenvalue weighted by Gasteiger charge is -2.17. The number of hydrogen-bond acceptors (Lipinski definition) is 7. The van der Waals surface area contributed by atoms with Crippen LogP contribution in [0.3, 0.4) is 0 Å². The lowest BCUT2D eigenvalue weighted by atomic mass is 10.2. The molecule has 0 radical (unpaired) electrons. The van der Waals surface area contributed by atoms with Crippen LogP contribution in [0, 0.1) is 6.92 Å². The number of nitrogens with one attached hydrogen (secondary N) is 1. The summed E-state index contributed by atoms with van der Waals surface area (Å²) in [6, 6.07) is 7.38. The number of fused-ring (bicyclic) bond motifs is 3. The Kier molecular flexibility index (Phi) is 6.44. The Morgan fingerprint density at radius 1 is 1.21 bits per heavy atom. The van der Waals surface area contributed by atoms with Gasteiger partial charge in [-0.2, -0.15) is 4.99 Å². The van der Waals surface area contributed by atoms with E-state index < -0.39 is 0 Å². The summed E-state index contributed by atoms with van der Waals surface area (Å²) in [7, 11) is 1.61. The molecule has 0 unspecified atom stereocenters. The number of ether oxygens (including phenoxy) is 2. The maximum Gasteiger partial charge on any atom is 0.282 e. The van der Waals surface area contributed by atoms with E-state index in [1.165, 1.54) is 25.9 Å². The summed E-state index contributed by atoms with van der Waals surface area (Å²) in [4.78, 5) is 28.7. The SMILES string of the molecule is COc1c(OCCCN2CCCC2)ccc2c3n(c(=NC(=O)c4cccnc4C)nc12)CCN3. The third-order valence-electron chi connectivity index (χ3n) is 6.42. The first-order chi connectivity index (χ1) is 16.7. The van der Waals surface area contributed by atoms with Gasteiger partial charge in [0.25, 0.3) is 5.91 Å². The quantitative estimate of drug-likeness (QED) is 0.540. The highest BCUT2D eigenvalue weighted by Crippen LogP contribution is 2.37. The fourth-order valence-electron chi connectivity index (χ4n) is 4.68. The smallest absolute Gasteiger partial charge is 0.282 e. The molecule has 1 N–H and O–H groups in total. The molecule has 9 heteroatoms. The first-order valence-electron chi connectivity index (χ1n) is 11.9. The van der Waals surface area contributed by atoms with Gasteiger partial charge in [0.15, 0.2) is 11.5 Å². The van der Waals surface area contributed by atoms with Crippen molar-refractivity contribution in [3.05, 3.63) is 47.3 Å². The van der Waals surface area contributed by atoms with Crippen LogP contribution in [0.2, 0.25) is 0 Å². The zero-order valence-corrected chi connectivity index (χ0v) is 19.7. The van der Waals surface area contributed by atoms with Crippen molar-refractivity contribution in [1.29, 1.82) is 0 Å². The Labute approximate surface area is 198 Å². The highest BCUT2D eigenvalue weighted by atomic mass is 16.5. The Morgan fingerprint density at radius 2 is 2.06 bits per heavy atom. The van der Waals surface area contributed by atoms with Crippen molar-refractivity contribution in [3.63, 3.8) is 0 Å². The Balaban J connectivity index is 1.49. The van der Waals surface area contributed by atoms with Gasteiger partial charge in [-0.1, -0.05) is 0 Å². The number of likely N-dealkylation sites (tertiary alicyclic amines) is 1. The van der Waals surface area contributed by atoms with E-state index in [4.69, 9.17) is 14.5 Å². The van der Waals surface area contributed by atoms with Crippen LogP contribution in [0.4, 0.5) is 5.82 Å². The van der Waals surface area contributed by atoms with Gasteiger partial charge in [0.1, 0.15) is 11.3 Å². The Morgan fingerprint density at radius 3 is 2.85 bits per heavy atom. The van der Waals surface area contributed by atoms with Crippen molar-refractivity contribution in [2.24, 2.45) is 4.99 Å². The van der Waals surface area contributed by atoms with Crippen LogP contribution in [0.5, 0.6) is 11.5 Å². The van der Waals surface area contributed by atoms with Gasteiger partial charge in [0, 0.05) is 31.2 Å². The molecule has 3 aromatic rings. The maximum absolute atomic E-state index is 12.9. The van der Waals surface area contributed by atoms with Crippen LogP contribution in [-0.4, -0.2) is 65.2 Å². The van der Waals surface area contributed by atoms with Gasteiger partial charge in [0.2, 0.25) is 5.62 Å². The van der Waals surface area contributed by atoms with E-state index in [0.29, 0.717) is 47.0 Å². The van der Waals surface area contributed by atoms with E-state index >= 15 is 0 Å². The number of nitrogens with zero attached hydrogens (tertiary/aromatic N) is 5. The van der Waals surface area contributed by atoms with Crippen LogP contribution in [-0.2, 0) is 6.54 Å². The first kappa shape index (κ1) is 22.3. The zero-order chi connectivity index (χ0) is 23.5. The second-order valence-corrected chi connectivity index (χ2v) is 8.64. The maximum atomic E-state index is 12.9. The molecular weight excluding hydrogens is 432 g/mol. The Bertz CT molecular complexity index is 1280. The minimum Gasteiger partial charge on any atom is -0.491 e. The number of aromatic nitrogens is 3. The molecule has 2 aliphatic rings. The molecule has 0 spiro atoms. The highest BCUT2D eigenvalue weighted by Gasteiger charge is 2.21. The van der Waals surface area contributed by atoms with E-state index in [0.717, 1.165) is 30.7 Å². The molecule has 9 nitrogen and oxygen atoms in total. The summed E-state index contributed by atoms with van der Waals surface area (Å²) in [5.41, 5.74) is 2.06. The Hall–Kier alpha value is -3.46. The molecule has 1 fully saturated rings. The van der Waals surface area contributed by atoms with Crippen molar-refractivity contribution in [1.82, 2.24) is 19.4 Å². The van der Waals surface area contributed by atoms with Crippen molar-refractivity contribution >= 4 is 22.6 Å². The monoisotopic (exact) mass is 462 g/mol. The molecular formula is C25H30N6O3. The van der Waals surface area contributed by atoms with E-state index in [2.05, 4.69) is 20.2 Å². The lowest BCUT2D eigenvalue weighted by Crippen LogP contribution is -2.25. The summed E-state index contributed by atoms with van der Waals surface area (Å²) < 4.78 is 13.8. The number of methoxy groups -OCH3 is 1. The van der Waals surface area contributed by atoms with Crippen LogP contribution < -0.4 is 20.4 Å². The molecule has 0 aliphatic carbocycles. The molecule has 5 rings (SSSR count). The summed E-state index contributed by atoms with van der Waals surface area (Å²) in [6.45, 7) is 7.22. The predicted octanol–water partition coefficient (Wildman–Crippen LogP) is 2.78. The molecule has 0 bridgehead atoms. The van der Waals surface area contributed by atoms with Crippen LogP contribution in [0.25, 0.3) is 10.9 Å². The second-order valence-electron chi connectivity index (χ2n) is 8.64. The number of pyridine rings is 1. The summed E-state index contributed by atoms with van der Waals surface area (Å²) >= 11 is 0. The lowest BCUT2D eigenvalue weighted by molar-refractivity contribution is 0.0995. The fourth-order valence-corrected chi connectivity index (χ4v) is 4.68. The third kappa shape index (κ3) is 4.35. The molecule has 1 amide bonds. The number of rotatable bonds is 7. The molecule has 34 heavy (non-hydrogen) atoms.